The summed E-state index contributed by atoms with van der Waals surface area (Å²) in [6.07, 6.45) is 2.45. The predicted molar refractivity (Wildman–Crippen MR) is 65.8 cm³/mol. The van der Waals surface area contributed by atoms with Crippen molar-refractivity contribution < 1.29 is 9.00 Å². The Labute approximate surface area is 98.7 Å². The van der Waals surface area contributed by atoms with E-state index in [0.717, 1.165) is 16.9 Å². The summed E-state index contributed by atoms with van der Waals surface area (Å²) in [5, 5.41) is 2.83. The molecule has 0 heterocycles. The van der Waals surface area contributed by atoms with Crippen molar-refractivity contribution in [3.8, 4) is 0 Å². The Morgan fingerprint density at radius 2 is 1.94 bits per heavy atom. The first-order chi connectivity index (χ1) is 7.49. The lowest BCUT2D eigenvalue weighted by Crippen LogP contribution is -2.31. The largest absolute Gasteiger partial charge is 0.354 e. The molecule has 0 aliphatic carbocycles. The van der Waals surface area contributed by atoms with Gasteiger partial charge in [-0.15, -0.1) is 0 Å². The van der Waals surface area contributed by atoms with Crippen molar-refractivity contribution in [2.45, 2.75) is 31.2 Å². The van der Waals surface area contributed by atoms with Crippen LogP contribution in [-0.2, 0) is 22.0 Å². The third kappa shape index (κ3) is 4.14. The molecule has 2 atom stereocenters. The van der Waals surface area contributed by atoms with Crippen LogP contribution in [0.3, 0.4) is 0 Å². The van der Waals surface area contributed by atoms with Gasteiger partial charge in [0.2, 0.25) is 5.91 Å². The SMILES string of the molecule is CC(=O)NC(C)Cc1ccc(S(C)=O)cc1. The van der Waals surface area contributed by atoms with Crippen molar-refractivity contribution in [3.63, 3.8) is 0 Å². The van der Waals surface area contributed by atoms with Gasteiger partial charge in [-0.1, -0.05) is 12.1 Å². The number of hydrogen-bond acceptors (Lipinski definition) is 2. The standard InChI is InChI=1S/C12H17NO2S/c1-9(13-10(2)14)8-11-4-6-12(7-5-11)16(3)15/h4-7,9H,8H2,1-3H3,(H,13,14). The summed E-state index contributed by atoms with van der Waals surface area (Å²) in [6.45, 7) is 3.48. The lowest BCUT2D eigenvalue weighted by molar-refractivity contribution is -0.119. The van der Waals surface area contributed by atoms with Gasteiger partial charge in [0, 0.05) is 34.9 Å². The number of amides is 1. The van der Waals surface area contributed by atoms with Crippen LogP contribution in [0.4, 0.5) is 0 Å². The summed E-state index contributed by atoms with van der Waals surface area (Å²) < 4.78 is 11.2. The first-order valence-electron chi connectivity index (χ1n) is 5.18. The molecule has 2 unspecified atom stereocenters. The molecule has 0 bridgehead atoms. The highest BCUT2D eigenvalue weighted by Crippen LogP contribution is 2.09. The maximum Gasteiger partial charge on any atom is 0.217 e. The van der Waals surface area contributed by atoms with Gasteiger partial charge in [-0.25, -0.2) is 0 Å². The number of carbonyl (C=O) groups excluding carboxylic acids is 1. The van der Waals surface area contributed by atoms with Crippen LogP contribution in [0.25, 0.3) is 0 Å². The van der Waals surface area contributed by atoms with Crippen molar-refractivity contribution in [1.29, 1.82) is 0 Å². The van der Waals surface area contributed by atoms with E-state index in [1.165, 1.54) is 6.92 Å². The van der Waals surface area contributed by atoms with Crippen LogP contribution in [0.15, 0.2) is 29.2 Å². The molecule has 1 aromatic rings. The van der Waals surface area contributed by atoms with Crippen molar-refractivity contribution >= 4 is 16.7 Å². The molecule has 0 saturated carbocycles. The Kier molecular flexibility index (Phi) is 4.68. The molecule has 0 aromatic heterocycles. The fraction of sp³-hybridized carbons (Fsp3) is 0.417. The van der Waals surface area contributed by atoms with E-state index in [-0.39, 0.29) is 11.9 Å². The second-order valence-electron chi connectivity index (χ2n) is 3.90. The number of rotatable bonds is 4. The van der Waals surface area contributed by atoms with Crippen molar-refractivity contribution in [2.24, 2.45) is 0 Å². The van der Waals surface area contributed by atoms with Crippen LogP contribution in [0.2, 0.25) is 0 Å². The Balaban J connectivity index is 2.61. The highest BCUT2D eigenvalue weighted by Gasteiger charge is 2.05. The van der Waals surface area contributed by atoms with E-state index in [1.54, 1.807) is 6.26 Å². The first kappa shape index (κ1) is 12.9. The average molecular weight is 239 g/mol. The minimum atomic E-state index is -0.929. The van der Waals surface area contributed by atoms with Gasteiger partial charge in [-0.3, -0.25) is 9.00 Å². The van der Waals surface area contributed by atoms with Crippen LogP contribution < -0.4 is 5.32 Å². The van der Waals surface area contributed by atoms with Gasteiger partial charge in [-0.2, -0.15) is 0 Å². The van der Waals surface area contributed by atoms with E-state index in [1.807, 2.05) is 31.2 Å². The molecule has 88 valence electrons. The Morgan fingerprint density at radius 1 is 1.38 bits per heavy atom. The van der Waals surface area contributed by atoms with Crippen LogP contribution in [0.1, 0.15) is 19.4 Å². The highest BCUT2D eigenvalue weighted by atomic mass is 32.2. The van der Waals surface area contributed by atoms with Gasteiger partial charge in [0.25, 0.3) is 0 Å². The fourth-order valence-electron chi connectivity index (χ4n) is 1.57. The second kappa shape index (κ2) is 5.80. The van der Waals surface area contributed by atoms with Gasteiger partial charge in [0.15, 0.2) is 0 Å². The first-order valence-corrected chi connectivity index (χ1v) is 6.74. The van der Waals surface area contributed by atoms with E-state index in [0.29, 0.717) is 0 Å². The van der Waals surface area contributed by atoms with Crippen LogP contribution in [0, 0.1) is 0 Å². The van der Waals surface area contributed by atoms with Crippen molar-refractivity contribution in [2.75, 3.05) is 6.26 Å². The molecule has 0 saturated heterocycles. The third-order valence-corrected chi connectivity index (χ3v) is 3.18. The molecule has 0 spiro atoms. The molecule has 4 heteroatoms. The molecular weight excluding hydrogens is 222 g/mol. The number of carbonyl (C=O) groups is 1. The van der Waals surface area contributed by atoms with Crippen LogP contribution in [0.5, 0.6) is 0 Å². The topological polar surface area (TPSA) is 46.2 Å². The van der Waals surface area contributed by atoms with Crippen molar-refractivity contribution in [3.05, 3.63) is 29.8 Å². The molecule has 1 aromatic carbocycles. The van der Waals surface area contributed by atoms with E-state index < -0.39 is 10.8 Å². The zero-order valence-electron chi connectivity index (χ0n) is 9.82. The zero-order valence-corrected chi connectivity index (χ0v) is 10.6. The Hall–Kier alpha value is -1.16. The Bertz CT molecular complexity index is 387. The Morgan fingerprint density at radius 3 is 2.38 bits per heavy atom. The van der Waals surface area contributed by atoms with E-state index in [2.05, 4.69) is 5.32 Å². The molecule has 3 nitrogen and oxygen atoms in total. The minimum absolute atomic E-state index is 0.0150. The minimum Gasteiger partial charge on any atom is -0.354 e. The lowest BCUT2D eigenvalue weighted by Gasteiger charge is -2.12. The van der Waals surface area contributed by atoms with Gasteiger partial charge in [-0.05, 0) is 31.0 Å². The van der Waals surface area contributed by atoms with Crippen LogP contribution >= 0.6 is 0 Å². The van der Waals surface area contributed by atoms with Gasteiger partial charge < -0.3 is 5.32 Å². The van der Waals surface area contributed by atoms with E-state index in [9.17, 15) is 9.00 Å². The van der Waals surface area contributed by atoms with Gasteiger partial charge in [0.05, 0.1) is 0 Å². The molecular formula is C12H17NO2S. The predicted octanol–water partition coefficient (Wildman–Crippen LogP) is 1.49. The number of hydrogen-bond donors (Lipinski definition) is 1. The number of nitrogens with one attached hydrogen (secondary N) is 1. The summed E-state index contributed by atoms with van der Waals surface area (Å²) >= 11 is 0. The monoisotopic (exact) mass is 239 g/mol. The highest BCUT2D eigenvalue weighted by molar-refractivity contribution is 7.84. The third-order valence-electron chi connectivity index (χ3n) is 2.25. The quantitative estimate of drug-likeness (QED) is 0.865. The molecule has 1 rings (SSSR count). The van der Waals surface area contributed by atoms with E-state index in [4.69, 9.17) is 0 Å². The summed E-state index contributed by atoms with van der Waals surface area (Å²) in [4.78, 5) is 11.7. The van der Waals surface area contributed by atoms with E-state index >= 15 is 0 Å². The van der Waals surface area contributed by atoms with Crippen molar-refractivity contribution in [1.82, 2.24) is 5.32 Å². The molecule has 16 heavy (non-hydrogen) atoms. The summed E-state index contributed by atoms with van der Waals surface area (Å²) in [7, 11) is -0.929. The zero-order chi connectivity index (χ0) is 12.1. The molecule has 1 N–H and O–H groups in total. The molecule has 1 amide bonds. The maximum atomic E-state index is 11.2. The normalized spacial score (nSPS) is 14.2. The lowest BCUT2D eigenvalue weighted by atomic mass is 10.1. The van der Waals surface area contributed by atoms with Crippen LogP contribution in [-0.4, -0.2) is 22.4 Å². The average Bonchev–Trinajstić information content (AvgIpc) is 2.16. The summed E-state index contributed by atoms with van der Waals surface area (Å²) in [5.74, 6) is -0.0150. The molecule has 0 fully saturated rings. The number of benzene rings is 1. The summed E-state index contributed by atoms with van der Waals surface area (Å²) in [6, 6.07) is 7.76. The second-order valence-corrected chi connectivity index (χ2v) is 5.28. The fourth-order valence-corrected chi connectivity index (χ4v) is 2.09. The molecule has 0 aliphatic rings. The van der Waals surface area contributed by atoms with Gasteiger partial charge >= 0.3 is 0 Å². The summed E-state index contributed by atoms with van der Waals surface area (Å²) in [5.41, 5.74) is 1.13. The smallest absolute Gasteiger partial charge is 0.217 e. The molecule has 0 aliphatic heterocycles. The van der Waals surface area contributed by atoms with Gasteiger partial charge in [0.1, 0.15) is 0 Å². The molecule has 0 radical (unpaired) electrons. The maximum absolute atomic E-state index is 11.2.